The Morgan fingerprint density at radius 2 is 1.46 bits per heavy atom. The van der Waals surface area contributed by atoms with E-state index >= 15 is 0 Å². The number of aryl methyl sites for hydroxylation is 2. The Kier molecular flexibility index (Phi) is 5.75. The minimum absolute atomic E-state index is 0.191. The summed E-state index contributed by atoms with van der Waals surface area (Å²) in [6.45, 7) is 18.8. The second-order valence-electron chi connectivity index (χ2n) is 9.00. The van der Waals surface area contributed by atoms with Gasteiger partial charge in [0.15, 0.2) is 0 Å². The molecule has 0 unspecified atom stereocenters. The molecule has 1 aromatic rings. The molecule has 0 aliphatic heterocycles. The molecular weight excluding hydrogens is 309 g/mol. The quantitative estimate of drug-likeness (QED) is 0.397. The molecule has 0 fully saturated rings. The first-order chi connectivity index (χ1) is 11.0. The van der Waals surface area contributed by atoms with E-state index in [2.05, 4.69) is 79.8 Å². The molecule has 1 aromatic carbocycles. The fourth-order valence-electron chi connectivity index (χ4n) is 4.11. The summed E-state index contributed by atoms with van der Waals surface area (Å²) in [7, 11) is -0.191. The smallest absolute Gasteiger partial charge is 0.0688 e. The van der Waals surface area contributed by atoms with Crippen LogP contribution >= 0.6 is 7.92 Å². The summed E-state index contributed by atoms with van der Waals surface area (Å²) in [6.07, 6.45) is 5.92. The Morgan fingerprint density at radius 1 is 0.917 bits per heavy atom. The lowest BCUT2D eigenvalue weighted by Gasteiger charge is -2.43. The van der Waals surface area contributed by atoms with Crippen LogP contribution in [0.2, 0.25) is 0 Å². The molecule has 0 heterocycles. The maximum atomic E-state index is 4.91. The van der Waals surface area contributed by atoms with Gasteiger partial charge >= 0.3 is 0 Å². The second kappa shape index (κ2) is 7.12. The lowest BCUT2D eigenvalue weighted by molar-refractivity contribution is 0.708. The van der Waals surface area contributed by atoms with Crippen LogP contribution in [0.4, 0.5) is 5.69 Å². The largest absolute Gasteiger partial charge is 0.256 e. The second-order valence-corrected chi connectivity index (χ2v) is 12.9. The maximum Gasteiger partial charge on any atom is 0.0688 e. The third kappa shape index (κ3) is 4.37. The summed E-state index contributed by atoms with van der Waals surface area (Å²) in [5, 5.41) is 2.38. The predicted molar refractivity (Wildman–Crippen MR) is 111 cm³/mol. The van der Waals surface area contributed by atoms with Crippen LogP contribution in [0.15, 0.2) is 34.1 Å². The van der Waals surface area contributed by atoms with Gasteiger partial charge in [0.05, 0.1) is 5.69 Å². The molecule has 0 atom stereocenters. The van der Waals surface area contributed by atoms with Gasteiger partial charge in [0, 0.05) is 6.21 Å². The Labute approximate surface area is 150 Å². The van der Waals surface area contributed by atoms with Crippen LogP contribution < -0.4 is 0 Å². The molecule has 0 aromatic heterocycles. The van der Waals surface area contributed by atoms with Crippen LogP contribution in [0, 0.1) is 13.8 Å². The van der Waals surface area contributed by atoms with Crippen LogP contribution in [0.5, 0.6) is 0 Å². The van der Waals surface area contributed by atoms with Crippen LogP contribution in [0.25, 0.3) is 0 Å². The summed E-state index contributed by atoms with van der Waals surface area (Å²) in [6, 6.07) is 6.42. The highest BCUT2D eigenvalue weighted by Gasteiger charge is 2.38. The average molecular weight is 343 g/mol. The molecule has 1 nitrogen and oxygen atoms in total. The molecule has 1 aliphatic carbocycles. The molecule has 0 spiro atoms. The highest BCUT2D eigenvalue weighted by molar-refractivity contribution is 7.65. The van der Waals surface area contributed by atoms with Gasteiger partial charge in [-0.05, 0) is 65.4 Å². The molecule has 0 saturated heterocycles. The average Bonchev–Trinajstić information content (AvgIpc) is 2.82. The van der Waals surface area contributed by atoms with Crippen molar-refractivity contribution in [2.45, 2.75) is 85.0 Å². The number of allylic oxidation sites excluding steroid dienone is 2. The van der Waals surface area contributed by atoms with Crippen molar-refractivity contribution < 1.29 is 0 Å². The van der Waals surface area contributed by atoms with Gasteiger partial charge in [0.25, 0.3) is 0 Å². The van der Waals surface area contributed by atoms with Crippen LogP contribution in [0.3, 0.4) is 0 Å². The Morgan fingerprint density at radius 3 is 1.96 bits per heavy atom. The molecule has 2 heteroatoms. The van der Waals surface area contributed by atoms with Crippen LogP contribution in [-0.4, -0.2) is 16.5 Å². The van der Waals surface area contributed by atoms with Crippen molar-refractivity contribution in [3.63, 3.8) is 0 Å². The fourth-order valence-corrected chi connectivity index (χ4v) is 8.58. The third-order valence-electron chi connectivity index (χ3n) is 4.63. The van der Waals surface area contributed by atoms with Crippen molar-refractivity contribution in [3.8, 4) is 0 Å². The molecule has 0 radical (unpaired) electrons. The van der Waals surface area contributed by atoms with E-state index in [9.17, 15) is 0 Å². The molecule has 0 saturated carbocycles. The molecule has 24 heavy (non-hydrogen) atoms. The molecule has 0 bridgehead atoms. The molecule has 2 rings (SSSR count). The molecule has 0 N–H and O–H groups in total. The summed E-state index contributed by atoms with van der Waals surface area (Å²) in [5.74, 6) is 0. The number of benzene rings is 1. The first kappa shape index (κ1) is 19.4. The predicted octanol–water partition coefficient (Wildman–Crippen LogP) is 7.52. The van der Waals surface area contributed by atoms with Crippen molar-refractivity contribution in [2.75, 3.05) is 0 Å². The standard InChI is InChI=1S/C22H34NP/c1-16-11-9-12-17(2)20(16)23-15-18-13-10-14-19(18)24(21(3,4)5)22(6,7)8/h9,11-12,15H,10,13-14H2,1-8H3. The van der Waals surface area contributed by atoms with E-state index in [1.165, 1.54) is 36.0 Å². The van der Waals surface area contributed by atoms with Crippen molar-refractivity contribution in [1.29, 1.82) is 0 Å². The van der Waals surface area contributed by atoms with E-state index in [1.54, 1.807) is 5.31 Å². The van der Waals surface area contributed by atoms with E-state index in [0.29, 0.717) is 10.3 Å². The summed E-state index contributed by atoms with van der Waals surface area (Å²) < 4.78 is 0. The van der Waals surface area contributed by atoms with Crippen molar-refractivity contribution >= 4 is 19.8 Å². The zero-order chi connectivity index (χ0) is 18.1. The SMILES string of the molecule is Cc1cccc(C)c1N=CC1=C(P(C(C)(C)C)C(C)(C)C)CCC1. The summed E-state index contributed by atoms with van der Waals surface area (Å²) in [4.78, 5) is 4.91. The topological polar surface area (TPSA) is 12.4 Å². The number of para-hydroxylation sites is 1. The van der Waals surface area contributed by atoms with Gasteiger partial charge in [-0.15, -0.1) is 0 Å². The van der Waals surface area contributed by atoms with Crippen LogP contribution in [-0.2, 0) is 0 Å². The van der Waals surface area contributed by atoms with Crippen molar-refractivity contribution in [3.05, 3.63) is 40.2 Å². The van der Waals surface area contributed by atoms with Gasteiger partial charge in [-0.3, -0.25) is 4.99 Å². The Balaban J connectivity index is 2.44. The number of aliphatic imine (C=N–C) groups is 1. The zero-order valence-corrected chi connectivity index (χ0v) is 17.7. The lowest BCUT2D eigenvalue weighted by Crippen LogP contribution is -2.25. The van der Waals surface area contributed by atoms with Crippen LogP contribution in [0.1, 0.15) is 71.9 Å². The first-order valence-electron chi connectivity index (χ1n) is 9.14. The zero-order valence-electron chi connectivity index (χ0n) is 16.8. The lowest BCUT2D eigenvalue weighted by atomic mass is 10.1. The van der Waals surface area contributed by atoms with E-state index in [4.69, 9.17) is 4.99 Å². The molecule has 132 valence electrons. The Bertz CT molecular complexity index is 619. The third-order valence-corrected chi connectivity index (χ3v) is 8.36. The van der Waals surface area contributed by atoms with E-state index in [1.807, 2.05) is 0 Å². The van der Waals surface area contributed by atoms with Gasteiger partial charge < -0.3 is 0 Å². The monoisotopic (exact) mass is 343 g/mol. The molecule has 0 amide bonds. The van der Waals surface area contributed by atoms with Gasteiger partial charge in [-0.2, -0.15) is 0 Å². The minimum Gasteiger partial charge on any atom is -0.256 e. The highest BCUT2D eigenvalue weighted by atomic mass is 31.1. The van der Waals surface area contributed by atoms with E-state index < -0.39 is 0 Å². The first-order valence-corrected chi connectivity index (χ1v) is 10.5. The van der Waals surface area contributed by atoms with E-state index in [0.717, 1.165) is 5.69 Å². The highest BCUT2D eigenvalue weighted by Crippen LogP contribution is 2.67. The normalized spacial score (nSPS) is 16.7. The summed E-state index contributed by atoms with van der Waals surface area (Å²) in [5.41, 5.74) is 5.18. The van der Waals surface area contributed by atoms with Gasteiger partial charge in [-0.25, -0.2) is 0 Å². The number of rotatable bonds is 3. The molecule has 1 aliphatic rings. The van der Waals surface area contributed by atoms with E-state index in [-0.39, 0.29) is 7.92 Å². The van der Waals surface area contributed by atoms with Gasteiger partial charge in [-0.1, -0.05) is 67.7 Å². The maximum absolute atomic E-state index is 4.91. The van der Waals surface area contributed by atoms with Gasteiger partial charge in [0.1, 0.15) is 0 Å². The number of hydrogen-bond donors (Lipinski definition) is 0. The minimum atomic E-state index is -0.191. The summed E-state index contributed by atoms with van der Waals surface area (Å²) >= 11 is 0. The Hall–Kier alpha value is -0.940. The van der Waals surface area contributed by atoms with Crippen molar-refractivity contribution in [1.82, 2.24) is 0 Å². The number of hydrogen-bond acceptors (Lipinski definition) is 1. The fraction of sp³-hybridized carbons (Fsp3) is 0.591. The van der Waals surface area contributed by atoms with Crippen molar-refractivity contribution in [2.24, 2.45) is 4.99 Å². The van der Waals surface area contributed by atoms with Gasteiger partial charge in [0.2, 0.25) is 0 Å². The molecular formula is C22H34NP. The number of nitrogens with zero attached hydrogens (tertiary/aromatic N) is 1.